The van der Waals surface area contributed by atoms with Crippen LogP contribution in [0, 0.1) is 5.92 Å². The van der Waals surface area contributed by atoms with Crippen LogP contribution in [0.4, 0.5) is 18.0 Å². The van der Waals surface area contributed by atoms with Gasteiger partial charge >= 0.3 is 18.2 Å². The summed E-state index contributed by atoms with van der Waals surface area (Å²) in [4.78, 5) is 23.0. The Morgan fingerprint density at radius 3 is 2.24 bits per heavy atom. The number of amides is 2. The number of nitrogens with one attached hydrogen (secondary N) is 1. The molecule has 8 heteroatoms. The Morgan fingerprint density at radius 2 is 1.81 bits per heavy atom. The number of carboxylic acid groups (broad SMARTS) is 1. The smallest absolute Gasteiger partial charge is 0.406 e. The van der Waals surface area contributed by atoms with Crippen LogP contribution in [0.1, 0.15) is 40.0 Å². The quantitative estimate of drug-likeness (QED) is 0.724. The van der Waals surface area contributed by atoms with E-state index in [4.69, 9.17) is 5.11 Å². The summed E-state index contributed by atoms with van der Waals surface area (Å²) in [5.74, 6) is -1.35. The molecule has 2 amide bonds. The number of alkyl halides is 3. The molecule has 0 radical (unpaired) electrons. The van der Waals surface area contributed by atoms with E-state index >= 15 is 0 Å². The second-order valence-electron chi connectivity index (χ2n) is 5.15. The van der Waals surface area contributed by atoms with Crippen molar-refractivity contribution in [2.24, 2.45) is 5.92 Å². The van der Waals surface area contributed by atoms with Crippen molar-refractivity contribution in [3.8, 4) is 0 Å². The monoisotopic (exact) mass is 312 g/mol. The van der Waals surface area contributed by atoms with Gasteiger partial charge in [0.15, 0.2) is 0 Å². The van der Waals surface area contributed by atoms with E-state index in [1.165, 1.54) is 6.92 Å². The van der Waals surface area contributed by atoms with Gasteiger partial charge in [0.2, 0.25) is 0 Å². The number of carbonyl (C=O) groups is 2. The molecule has 2 N–H and O–H groups in total. The molecular formula is C13H23F3N2O3. The summed E-state index contributed by atoms with van der Waals surface area (Å²) in [6.45, 7) is 3.44. The minimum absolute atomic E-state index is 0.0336. The summed E-state index contributed by atoms with van der Waals surface area (Å²) in [5, 5.41) is 11.2. The van der Waals surface area contributed by atoms with Crippen LogP contribution in [-0.2, 0) is 4.79 Å². The van der Waals surface area contributed by atoms with Gasteiger partial charge in [-0.05, 0) is 26.7 Å². The maximum atomic E-state index is 12.3. The highest BCUT2D eigenvalue weighted by molar-refractivity contribution is 5.74. The first-order valence-electron chi connectivity index (χ1n) is 6.91. The first-order chi connectivity index (χ1) is 9.56. The van der Waals surface area contributed by atoms with E-state index in [2.05, 4.69) is 5.32 Å². The SMILES string of the molecule is CCN(CC(F)(F)F)C(=O)NC(C)CCCC(C)C(=O)O. The van der Waals surface area contributed by atoms with Gasteiger partial charge in [0.05, 0.1) is 5.92 Å². The van der Waals surface area contributed by atoms with Crippen molar-refractivity contribution < 1.29 is 27.9 Å². The molecule has 0 aliphatic rings. The van der Waals surface area contributed by atoms with Gasteiger partial charge in [0.25, 0.3) is 0 Å². The maximum Gasteiger partial charge on any atom is 0.406 e. The third-order valence-electron chi connectivity index (χ3n) is 3.10. The summed E-state index contributed by atoms with van der Waals surface area (Å²) in [5.41, 5.74) is 0. The van der Waals surface area contributed by atoms with Crippen LogP contribution in [-0.4, -0.2) is 47.3 Å². The Labute approximate surface area is 122 Å². The molecule has 124 valence electrons. The number of nitrogens with zero attached hydrogens (tertiary/aromatic N) is 1. The number of rotatable bonds is 8. The highest BCUT2D eigenvalue weighted by Gasteiger charge is 2.32. The second kappa shape index (κ2) is 8.74. The zero-order valence-electron chi connectivity index (χ0n) is 12.5. The fraction of sp³-hybridized carbons (Fsp3) is 0.846. The van der Waals surface area contributed by atoms with Crippen LogP contribution in [0.2, 0.25) is 0 Å². The van der Waals surface area contributed by atoms with Gasteiger partial charge in [-0.25, -0.2) is 4.79 Å². The van der Waals surface area contributed by atoms with Crippen molar-refractivity contribution in [1.29, 1.82) is 0 Å². The van der Waals surface area contributed by atoms with Gasteiger partial charge in [-0.3, -0.25) is 4.79 Å². The molecule has 0 aliphatic carbocycles. The molecule has 0 aliphatic heterocycles. The van der Waals surface area contributed by atoms with Crippen LogP contribution >= 0.6 is 0 Å². The van der Waals surface area contributed by atoms with Crippen LogP contribution in [0.25, 0.3) is 0 Å². The van der Waals surface area contributed by atoms with Crippen molar-refractivity contribution in [2.75, 3.05) is 13.1 Å². The molecular weight excluding hydrogens is 289 g/mol. The highest BCUT2D eigenvalue weighted by atomic mass is 19.4. The van der Waals surface area contributed by atoms with Gasteiger partial charge in [0.1, 0.15) is 6.54 Å². The molecule has 0 heterocycles. The molecule has 0 saturated heterocycles. The molecule has 0 aromatic heterocycles. The molecule has 5 nitrogen and oxygen atoms in total. The largest absolute Gasteiger partial charge is 0.481 e. The summed E-state index contributed by atoms with van der Waals surface area (Å²) < 4.78 is 36.8. The molecule has 0 aromatic rings. The van der Waals surface area contributed by atoms with Crippen molar-refractivity contribution >= 4 is 12.0 Å². The molecule has 2 unspecified atom stereocenters. The van der Waals surface area contributed by atoms with E-state index in [1.54, 1.807) is 13.8 Å². The third kappa shape index (κ3) is 9.14. The summed E-state index contributed by atoms with van der Waals surface area (Å²) in [6, 6.07) is -1.06. The summed E-state index contributed by atoms with van der Waals surface area (Å²) in [7, 11) is 0. The summed E-state index contributed by atoms with van der Waals surface area (Å²) in [6.07, 6.45) is -2.85. The number of hydrogen-bond acceptors (Lipinski definition) is 2. The van der Waals surface area contributed by atoms with Crippen molar-refractivity contribution in [1.82, 2.24) is 10.2 Å². The van der Waals surface area contributed by atoms with Crippen molar-refractivity contribution in [3.05, 3.63) is 0 Å². The number of urea groups is 1. The predicted molar refractivity (Wildman–Crippen MR) is 71.9 cm³/mol. The topological polar surface area (TPSA) is 69.6 Å². The minimum Gasteiger partial charge on any atom is -0.481 e. The maximum absolute atomic E-state index is 12.3. The normalized spacial score (nSPS) is 14.4. The Kier molecular flexibility index (Phi) is 8.12. The number of hydrogen-bond donors (Lipinski definition) is 2. The molecule has 0 aromatic carbocycles. The van der Waals surface area contributed by atoms with Gasteiger partial charge in [-0.15, -0.1) is 0 Å². The molecule has 21 heavy (non-hydrogen) atoms. The lowest BCUT2D eigenvalue weighted by atomic mass is 10.0. The molecule has 0 saturated carbocycles. The minimum atomic E-state index is -4.42. The average Bonchev–Trinajstić information content (AvgIpc) is 2.34. The van der Waals surface area contributed by atoms with E-state index < -0.39 is 30.6 Å². The molecule has 0 rings (SSSR count). The number of aliphatic carboxylic acids is 1. The fourth-order valence-corrected chi connectivity index (χ4v) is 1.77. The highest BCUT2D eigenvalue weighted by Crippen LogP contribution is 2.16. The van der Waals surface area contributed by atoms with E-state index in [1.807, 2.05) is 0 Å². The van der Waals surface area contributed by atoms with Crippen LogP contribution in [0.3, 0.4) is 0 Å². The first kappa shape index (κ1) is 19.5. The fourth-order valence-electron chi connectivity index (χ4n) is 1.77. The van der Waals surface area contributed by atoms with E-state index in [0.29, 0.717) is 24.2 Å². The lowest BCUT2D eigenvalue weighted by Crippen LogP contribution is -2.47. The Balaban J connectivity index is 4.15. The van der Waals surface area contributed by atoms with E-state index in [-0.39, 0.29) is 12.6 Å². The van der Waals surface area contributed by atoms with Gasteiger partial charge in [-0.1, -0.05) is 13.3 Å². The number of halogens is 3. The van der Waals surface area contributed by atoms with Crippen LogP contribution in [0.5, 0.6) is 0 Å². The van der Waals surface area contributed by atoms with Crippen LogP contribution in [0.15, 0.2) is 0 Å². The zero-order valence-corrected chi connectivity index (χ0v) is 12.5. The van der Waals surface area contributed by atoms with E-state index in [9.17, 15) is 22.8 Å². The average molecular weight is 312 g/mol. The Hall–Kier alpha value is -1.47. The third-order valence-corrected chi connectivity index (χ3v) is 3.10. The standard InChI is InChI=1S/C13H23F3N2O3/c1-4-18(8-13(14,15)16)12(21)17-10(3)7-5-6-9(2)11(19)20/h9-10H,4-8H2,1-3H3,(H,17,21)(H,19,20). The van der Waals surface area contributed by atoms with Gasteiger partial charge < -0.3 is 15.3 Å². The summed E-state index contributed by atoms with van der Waals surface area (Å²) >= 11 is 0. The Bertz CT molecular complexity index is 348. The van der Waals surface area contributed by atoms with Gasteiger partial charge in [-0.2, -0.15) is 13.2 Å². The van der Waals surface area contributed by atoms with Crippen molar-refractivity contribution in [3.63, 3.8) is 0 Å². The zero-order chi connectivity index (χ0) is 16.6. The first-order valence-corrected chi connectivity index (χ1v) is 6.91. The predicted octanol–water partition coefficient (Wildman–Crippen LogP) is 2.86. The van der Waals surface area contributed by atoms with E-state index in [0.717, 1.165) is 0 Å². The van der Waals surface area contributed by atoms with Gasteiger partial charge in [0, 0.05) is 12.6 Å². The lowest BCUT2D eigenvalue weighted by molar-refractivity contribution is -0.141. The van der Waals surface area contributed by atoms with Crippen molar-refractivity contribution in [2.45, 2.75) is 52.3 Å². The molecule has 0 bridgehead atoms. The molecule has 0 spiro atoms. The number of carboxylic acids is 1. The lowest BCUT2D eigenvalue weighted by Gasteiger charge is -2.25. The van der Waals surface area contributed by atoms with Crippen LogP contribution < -0.4 is 5.32 Å². The second-order valence-corrected chi connectivity index (χ2v) is 5.15. The Morgan fingerprint density at radius 1 is 1.24 bits per heavy atom. The molecule has 0 fully saturated rings. The molecule has 2 atom stereocenters. The number of carbonyl (C=O) groups excluding carboxylic acids is 1.